The standard InChI is InChI=1S/C21H30FNO2/c1-20(2,3)19(24)25-14-11-16-15(17(22)12-14)10-13-8-6-5-7-9-21(16,4)18(13)23/h11-13,18H,5-10,23H2,1-4H3/t13-,18-,21+/m0/s1. The van der Waals surface area contributed by atoms with Crippen molar-refractivity contribution in [3.8, 4) is 5.75 Å². The molecule has 3 rings (SSSR count). The summed E-state index contributed by atoms with van der Waals surface area (Å²) in [5.41, 5.74) is 7.47. The molecule has 0 aromatic heterocycles. The van der Waals surface area contributed by atoms with Crippen LogP contribution >= 0.6 is 0 Å². The summed E-state index contributed by atoms with van der Waals surface area (Å²) in [4.78, 5) is 12.2. The Hall–Kier alpha value is -1.42. The third-order valence-corrected chi connectivity index (χ3v) is 6.09. The lowest BCUT2D eigenvalue weighted by Crippen LogP contribution is -2.53. The molecule has 0 unspecified atom stereocenters. The highest BCUT2D eigenvalue weighted by atomic mass is 19.1. The van der Waals surface area contributed by atoms with Gasteiger partial charge in [-0.25, -0.2) is 4.39 Å². The zero-order valence-electron chi connectivity index (χ0n) is 15.8. The van der Waals surface area contributed by atoms with E-state index < -0.39 is 5.41 Å². The Morgan fingerprint density at radius 3 is 2.68 bits per heavy atom. The fourth-order valence-electron chi connectivity index (χ4n) is 4.40. The highest BCUT2D eigenvalue weighted by molar-refractivity contribution is 5.78. The van der Waals surface area contributed by atoms with E-state index in [4.69, 9.17) is 10.5 Å². The minimum Gasteiger partial charge on any atom is -0.426 e. The molecule has 4 heteroatoms. The number of esters is 1. The second-order valence-corrected chi connectivity index (χ2v) is 9.08. The Morgan fingerprint density at radius 1 is 1.28 bits per heavy atom. The summed E-state index contributed by atoms with van der Waals surface area (Å²) >= 11 is 0. The molecule has 25 heavy (non-hydrogen) atoms. The van der Waals surface area contributed by atoms with Gasteiger partial charge in [0.2, 0.25) is 0 Å². The smallest absolute Gasteiger partial charge is 0.316 e. The van der Waals surface area contributed by atoms with E-state index >= 15 is 0 Å². The molecule has 1 fully saturated rings. The van der Waals surface area contributed by atoms with Gasteiger partial charge in [0.15, 0.2) is 0 Å². The molecule has 0 aliphatic heterocycles. The largest absolute Gasteiger partial charge is 0.426 e. The first-order chi connectivity index (χ1) is 11.6. The number of carbonyl (C=O) groups excluding carboxylic acids is 1. The molecule has 0 spiro atoms. The number of rotatable bonds is 1. The molecule has 2 aliphatic rings. The molecule has 1 aromatic carbocycles. The third kappa shape index (κ3) is 3.33. The Kier molecular flexibility index (Phi) is 4.69. The molecular formula is C21H30FNO2. The first-order valence-corrected chi connectivity index (χ1v) is 9.44. The summed E-state index contributed by atoms with van der Waals surface area (Å²) in [6.07, 6.45) is 6.18. The zero-order valence-corrected chi connectivity index (χ0v) is 15.8. The fourth-order valence-corrected chi connectivity index (χ4v) is 4.40. The number of halogens is 1. The predicted octanol–water partition coefficient (Wildman–Crippen LogP) is 4.50. The van der Waals surface area contributed by atoms with Gasteiger partial charge >= 0.3 is 5.97 Å². The van der Waals surface area contributed by atoms with Crippen LogP contribution in [-0.2, 0) is 16.6 Å². The van der Waals surface area contributed by atoms with Gasteiger partial charge in [-0.1, -0.05) is 26.2 Å². The monoisotopic (exact) mass is 347 g/mol. The van der Waals surface area contributed by atoms with Gasteiger partial charge in [-0.05, 0) is 63.1 Å². The van der Waals surface area contributed by atoms with Crippen molar-refractivity contribution >= 4 is 5.97 Å². The number of nitrogens with two attached hydrogens (primary N) is 1. The van der Waals surface area contributed by atoms with Crippen LogP contribution in [0.15, 0.2) is 12.1 Å². The second-order valence-electron chi connectivity index (χ2n) is 9.08. The van der Waals surface area contributed by atoms with Crippen molar-refractivity contribution in [3.05, 3.63) is 29.1 Å². The molecule has 1 saturated carbocycles. The van der Waals surface area contributed by atoms with Crippen LogP contribution in [0.1, 0.15) is 70.9 Å². The van der Waals surface area contributed by atoms with E-state index in [1.165, 1.54) is 18.9 Å². The Balaban J connectivity index is 2.03. The highest BCUT2D eigenvalue weighted by Crippen LogP contribution is 2.47. The van der Waals surface area contributed by atoms with Gasteiger partial charge in [0.05, 0.1) is 5.41 Å². The summed E-state index contributed by atoms with van der Waals surface area (Å²) in [5.74, 6) is 0.00551. The lowest BCUT2D eigenvalue weighted by atomic mass is 9.60. The normalized spacial score (nSPS) is 29.4. The Morgan fingerprint density at radius 2 is 2.00 bits per heavy atom. The van der Waals surface area contributed by atoms with Gasteiger partial charge in [0, 0.05) is 17.5 Å². The molecule has 2 N–H and O–H groups in total. The van der Waals surface area contributed by atoms with Crippen LogP contribution in [0.2, 0.25) is 0 Å². The maximum absolute atomic E-state index is 14.9. The summed E-state index contributed by atoms with van der Waals surface area (Å²) in [7, 11) is 0. The van der Waals surface area contributed by atoms with Crippen molar-refractivity contribution in [2.24, 2.45) is 17.1 Å². The van der Waals surface area contributed by atoms with Crippen molar-refractivity contribution in [1.82, 2.24) is 0 Å². The first-order valence-electron chi connectivity index (χ1n) is 9.44. The SMILES string of the molecule is CC(C)(C)C(=O)Oc1cc(F)c2c(c1)[C@@]1(C)CCCCC[C@@H](C2)[C@@H]1N. The maximum Gasteiger partial charge on any atom is 0.316 e. The van der Waals surface area contributed by atoms with Gasteiger partial charge in [0.25, 0.3) is 0 Å². The minimum atomic E-state index is -0.627. The first kappa shape index (κ1) is 18.4. The van der Waals surface area contributed by atoms with Crippen LogP contribution in [-0.4, -0.2) is 12.0 Å². The van der Waals surface area contributed by atoms with E-state index in [1.54, 1.807) is 20.8 Å². The molecule has 0 heterocycles. The van der Waals surface area contributed by atoms with Crippen LogP contribution < -0.4 is 10.5 Å². The van der Waals surface area contributed by atoms with Gasteiger partial charge in [-0.2, -0.15) is 0 Å². The predicted molar refractivity (Wildman–Crippen MR) is 97.1 cm³/mol. The third-order valence-electron chi connectivity index (χ3n) is 6.09. The maximum atomic E-state index is 14.9. The molecule has 3 atom stereocenters. The zero-order chi connectivity index (χ0) is 18.4. The van der Waals surface area contributed by atoms with Crippen LogP contribution in [0.25, 0.3) is 0 Å². The van der Waals surface area contributed by atoms with Crippen LogP contribution in [0.5, 0.6) is 5.75 Å². The lowest BCUT2D eigenvalue weighted by molar-refractivity contribution is -0.143. The van der Waals surface area contributed by atoms with E-state index in [9.17, 15) is 9.18 Å². The molecule has 3 nitrogen and oxygen atoms in total. The quantitative estimate of drug-likeness (QED) is 0.601. The van der Waals surface area contributed by atoms with E-state index in [2.05, 4.69) is 6.92 Å². The number of fused-ring (bicyclic) bond motifs is 4. The summed E-state index contributed by atoms with van der Waals surface area (Å²) < 4.78 is 20.4. The molecular weight excluding hydrogens is 317 g/mol. The second kappa shape index (κ2) is 6.39. The van der Waals surface area contributed by atoms with E-state index in [-0.39, 0.29) is 23.2 Å². The van der Waals surface area contributed by atoms with Crippen molar-refractivity contribution < 1.29 is 13.9 Å². The van der Waals surface area contributed by atoms with Crippen molar-refractivity contribution in [3.63, 3.8) is 0 Å². The van der Waals surface area contributed by atoms with Gasteiger partial charge in [-0.15, -0.1) is 0 Å². The molecule has 1 aromatic rings. The van der Waals surface area contributed by atoms with E-state index in [1.807, 2.05) is 6.07 Å². The average molecular weight is 347 g/mol. The van der Waals surface area contributed by atoms with E-state index in [0.717, 1.165) is 30.4 Å². The van der Waals surface area contributed by atoms with Crippen molar-refractivity contribution in [2.75, 3.05) is 0 Å². The number of carbonyl (C=O) groups is 1. The summed E-state index contributed by atoms with van der Waals surface area (Å²) in [6.45, 7) is 7.53. The molecule has 0 radical (unpaired) electrons. The van der Waals surface area contributed by atoms with Crippen LogP contribution in [0, 0.1) is 17.2 Å². The van der Waals surface area contributed by atoms with E-state index in [0.29, 0.717) is 18.1 Å². The summed E-state index contributed by atoms with van der Waals surface area (Å²) in [6, 6.07) is 3.25. The van der Waals surface area contributed by atoms with Gasteiger partial charge in [-0.3, -0.25) is 4.79 Å². The topological polar surface area (TPSA) is 52.3 Å². The molecule has 2 bridgehead atoms. The Bertz CT molecular complexity index is 679. The lowest BCUT2D eigenvalue weighted by Gasteiger charge is -2.47. The fraction of sp³-hybridized carbons (Fsp3) is 0.667. The van der Waals surface area contributed by atoms with Gasteiger partial charge in [0.1, 0.15) is 11.6 Å². The Labute approximate surface area is 150 Å². The van der Waals surface area contributed by atoms with Crippen molar-refractivity contribution in [1.29, 1.82) is 0 Å². The average Bonchev–Trinajstić information content (AvgIpc) is 2.51. The number of hydrogen-bond donors (Lipinski definition) is 1. The number of hydrogen-bond acceptors (Lipinski definition) is 3. The van der Waals surface area contributed by atoms with Crippen LogP contribution in [0.3, 0.4) is 0 Å². The minimum absolute atomic E-state index is 0.0215. The highest BCUT2D eigenvalue weighted by Gasteiger charge is 2.45. The molecule has 0 saturated heterocycles. The van der Waals surface area contributed by atoms with Crippen LogP contribution in [0.4, 0.5) is 4.39 Å². The number of benzene rings is 1. The molecule has 2 aliphatic carbocycles. The number of ether oxygens (including phenoxy) is 1. The molecule has 138 valence electrons. The van der Waals surface area contributed by atoms with Gasteiger partial charge < -0.3 is 10.5 Å². The van der Waals surface area contributed by atoms with Crippen molar-refractivity contribution in [2.45, 2.75) is 77.7 Å². The summed E-state index contributed by atoms with van der Waals surface area (Å²) in [5, 5.41) is 0. The molecule has 0 amide bonds.